The predicted molar refractivity (Wildman–Crippen MR) is 97.8 cm³/mol. The van der Waals surface area contributed by atoms with Crippen molar-refractivity contribution in [3.05, 3.63) is 60.7 Å². The summed E-state index contributed by atoms with van der Waals surface area (Å²) in [7, 11) is 2.04. The van der Waals surface area contributed by atoms with Gasteiger partial charge in [0.05, 0.1) is 6.54 Å². The third-order valence-corrected chi connectivity index (χ3v) is 3.64. The molecule has 1 aromatic carbocycles. The SMILES string of the molecule is C=CCNC(=NCCn1cnnc1CC)N(C)Cc1ccccc1. The number of nitrogens with zero attached hydrogens (tertiary/aromatic N) is 5. The fourth-order valence-corrected chi connectivity index (χ4v) is 2.41. The van der Waals surface area contributed by atoms with Crippen LogP contribution in [0.1, 0.15) is 18.3 Å². The topological polar surface area (TPSA) is 58.3 Å². The number of aromatic nitrogens is 3. The second-order valence-corrected chi connectivity index (χ2v) is 5.51. The third-order valence-electron chi connectivity index (χ3n) is 3.64. The van der Waals surface area contributed by atoms with Gasteiger partial charge >= 0.3 is 0 Å². The van der Waals surface area contributed by atoms with Crippen LogP contribution in [0, 0.1) is 0 Å². The Hall–Kier alpha value is -2.63. The molecule has 0 aliphatic heterocycles. The van der Waals surface area contributed by atoms with Crippen molar-refractivity contribution in [2.45, 2.75) is 26.4 Å². The van der Waals surface area contributed by atoms with Crippen molar-refractivity contribution in [2.75, 3.05) is 20.1 Å². The van der Waals surface area contributed by atoms with Crippen LogP contribution in [0.25, 0.3) is 0 Å². The maximum absolute atomic E-state index is 4.71. The first-order valence-corrected chi connectivity index (χ1v) is 8.25. The highest BCUT2D eigenvalue weighted by atomic mass is 15.3. The molecule has 6 nitrogen and oxygen atoms in total. The highest BCUT2D eigenvalue weighted by Crippen LogP contribution is 2.03. The van der Waals surface area contributed by atoms with E-state index >= 15 is 0 Å². The van der Waals surface area contributed by atoms with Crippen molar-refractivity contribution in [1.29, 1.82) is 0 Å². The molecule has 24 heavy (non-hydrogen) atoms. The maximum atomic E-state index is 4.71. The van der Waals surface area contributed by atoms with Gasteiger partial charge in [-0.25, -0.2) is 0 Å². The Labute approximate surface area is 143 Å². The number of hydrogen-bond donors (Lipinski definition) is 1. The molecule has 1 N–H and O–H groups in total. The van der Waals surface area contributed by atoms with E-state index in [4.69, 9.17) is 4.99 Å². The van der Waals surface area contributed by atoms with Crippen LogP contribution in [-0.2, 0) is 19.5 Å². The number of hydrogen-bond acceptors (Lipinski definition) is 3. The summed E-state index contributed by atoms with van der Waals surface area (Å²) < 4.78 is 2.05. The first kappa shape index (κ1) is 17.7. The lowest BCUT2D eigenvalue weighted by atomic mass is 10.2. The van der Waals surface area contributed by atoms with Crippen LogP contribution < -0.4 is 5.32 Å². The Morgan fingerprint density at radius 2 is 2.17 bits per heavy atom. The Morgan fingerprint density at radius 1 is 1.38 bits per heavy atom. The van der Waals surface area contributed by atoms with Gasteiger partial charge in [0.15, 0.2) is 5.96 Å². The van der Waals surface area contributed by atoms with Gasteiger partial charge in [-0.05, 0) is 5.56 Å². The Kier molecular flexibility index (Phi) is 7.01. The molecule has 0 amide bonds. The van der Waals surface area contributed by atoms with Crippen molar-refractivity contribution < 1.29 is 0 Å². The highest BCUT2D eigenvalue weighted by molar-refractivity contribution is 5.79. The van der Waals surface area contributed by atoms with Crippen LogP contribution in [0.15, 0.2) is 54.3 Å². The Morgan fingerprint density at radius 3 is 2.88 bits per heavy atom. The minimum atomic E-state index is 0.670. The normalized spacial score (nSPS) is 11.3. The Balaban J connectivity index is 1.99. The summed E-state index contributed by atoms with van der Waals surface area (Å²) >= 11 is 0. The monoisotopic (exact) mass is 326 g/mol. The van der Waals surface area contributed by atoms with Crippen LogP contribution in [0.4, 0.5) is 0 Å². The van der Waals surface area contributed by atoms with Gasteiger partial charge in [-0.15, -0.1) is 16.8 Å². The van der Waals surface area contributed by atoms with Gasteiger partial charge in [-0.1, -0.05) is 43.3 Å². The molecule has 1 aromatic heterocycles. The fraction of sp³-hybridized carbons (Fsp3) is 0.389. The van der Waals surface area contributed by atoms with E-state index in [0.29, 0.717) is 13.1 Å². The molecular weight excluding hydrogens is 300 g/mol. The molecule has 0 saturated carbocycles. The van der Waals surface area contributed by atoms with E-state index in [2.05, 4.69) is 58.2 Å². The summed E-state index contributed by atoms with van der Waals surface area (Å²) in [5.74, 6) is 1.85. The predicted octanol–water partition coefficient (Wildman–Crippen LogP) is 2.10. The smallest absolute Gasteiger partial charge is 0.194 e. The van der Waals surface area contributed by atoms with E-state index < -0.39 is 0 Å². The molecule has 1 heterocycles. The third kappa shape index (κ3) is 5.22. The van der Waals surface area contributed by atoms with Gasteiger partial charge in [0, 0.05) is 33.1 Å². The highest BCUT2D eigenvalue weighted by Gasteiger charge is 2.07. The van der Waals surface area contributed by atoms with Crippen molar-refractivity contribution >= 4 is 5.96 Å². The fourth-order valence-electron chi connectivity index (χ4n) is 2.41. The summed E-state index contributed by atoms with van der Waals surface area (Å²) in [6.45, 7) is 8.77. The molecule has 0 radical (unpaired) electrons. The number of rotatable bonds is 8. The average molecular weight is 326 g/mol. The zero-order valence-electron chi connectivity index (χ0n) is 14.5. The molecule has 0 atom stereocenters. The average Bonchev–Trinajstić information content (AvgIpc) is 3.06. The van der Waals surface area contributed by atoms with Crippen molar-refractivity contribution in [3.63, 3.8) is 0 Å². The quantitative estimate of drug-likeness (QED) is 0.458. The van der Waals surface area contributed by atoms with Crippen LogP contribution >= 0.6 is 0 Å². The molecule has 0 spiro atoms. The van der Waals surface area contributed by atoms with Crippen LogP contribution in [0.5, 0.6) is 0 Å². The van der Waals surface area contributed by atoms with Gasteiger partial charge < -0.3 is 14.8 Å². The van der Waals surface area contributed by atoms with Gasteiger partial charge in [0.2, 0.25) is 0 Å². The number of benzene rings is 1. The standard InChI is InChI=1S/C18H26N6/c1-4-11-19-18(23(3)14-16-9-7-6-8-10-16)20-12-13-24-15-21-22-17(24)5-2/h4,6-10,15H,1,5,11-14H2,2-3H3,(H,19,20). The van der Waals surface area contributed by atoms with Crippen LogP contribution in [-0.4, -0.2) is 45.8 Å². The van der Waals surface area contributed by atoms with Crippen molar-refractivity contribution in [3.8, 4) is 0 Å². The Bertz CT molecular complexity index is 647. The van der Waals surface area contributed by atoms with E-state index in [0.717, 1.165) is 31.3 Å². The zero-order chi connectivity index (χ0) is 17.2. The van der Waals surface area contributed by atoms with E-state index in [1.165, 1.54) is 5.56 Å². The molecule has 0 saturated heterocycles. The van der Waals surface area contributed by atoms with Crippen molar-refractivity contribution in [2.24, 2.45) is 4.99 Å². The molecule has 2 aromatic rings. The van der Waals surface area contributed by atoms with Crippen molar-refractivity contribution in [1.82, 2.24) is 25.0 Å². The van der Waals surface area contributed by atoms with Gasteiger partial charge in [-0.2, -0.15) is 0 Å². The molecule has 6 heteroatoms. The molecule has 0 aliphatic rings. The number of aryl methyl sites for hydroxylation is 1. The largest absolute Gasteiger partial charge is 0.353 e. The molecule has 0 fully saturated rings. The van der Waals surface area contributed by atoms with E-state index in [-0.39, 0.29) is 0 Å². The molecule has 128 valence electrons. The molecule has 2 rings (SSSR count). The molecule has 0 bridgehead atoms. The van der Waals surface area contributed by atoms with Crippen LogP contribution in [0.3, 0.4) is 0 Å². The number of guanidine groups is 1. The summed E-state index contributed by atoms with van der Waals surface area (Å²) in [4.78, 5) is 6.83. The second-order valence-electron chi connectivity index (χ2n) is 5.51. The summed E-state index contributed by atoms with van der Waals surface area (Å²) in [6.07, 6.45) is 4.47. The first-order chi connectivity index (χ1) is 11.7. The minimum absolute atomic E-state index is 0.670. The molecular formula is C18H26N6. The van der Waals surface area contributed by atoms with Gasteiger partial charge in [-0.3, -0.25) is 4.99 Å². The van der Waals surface area contributed by atoms with Gasteiger partial charge in [0.1, 0.15) is 12.2 Å². The lowest BCUT2D eigenvalue weighted by Gasteiger charge is -2.22. The molecule has 0 aliphatic carbocycles. The maximum Gasteiger partial charge on any atom is 0.194 e. The lowest BCUT2D eigenvalue weighted by Crippen LogP contribution is -2.38. The van der Waals surface area contributed by atoms with Crippen LogP contribution in [0.2, 0.25) is 0 Å². The summed E-state index contributed by atoms with van der Waals surface area (Å²) in [5.41, 5.74) is 1.25. The van der Waals surface area contributed by atoms with E-state index in [1.807, 2.05) is 23.8 Å². The number of aliphatic imine (C=N–C) groups is 1. The molecule has 0 unspecified atom stereocenters. The van der Waals surface area contributed by atoms with Gasteiger partial charge in [0.25, 0.3) is 0 Å². The first-order valence-electron chi connectivity index (χ1n) is 8.25. The number of nitrogens with one attached hydrogen (secondary N) is 1. The van der Waals surface area contributed by atoms with E-state index in [1.54, 1.807) is 6.33 Å². The summed E-state index contributed by atoms with van der Waals surface area (Å²) in [6, 6.07) is 10.4. The lowest BCUT2D eigenvalue weighted by molar-refractivity contribution is 0.477. The second kappa shape index (κ2) is 9.50. The minimum Gasteiger partial charge on any atom is -0.353 e. The van der Waals surface area contributed by atoms with E-state index in [9.17, 15) is 0 Å². The summed E-state index contributed by atoms with van der Waals surface area (Å²) in [5, 5.41) is 11.4. The zero-order valence-corrected chi connectivity index (χ0v) is 14.5.